The Hall–Kier alpha value is -1.80. The first-order valence-corrected chi connectivity index (χ1v) is 6.18. The topological polar surface area (TPSA) is 55.0 Å². The van der Waals surface area contributed by atoms with Crippen LogP contribution in [0.4, 0.5) is 0 Å². The summed E-state index contributed by atoms with van der Waals surface area (Å²) in [6.45, 7) is 3.07. The van der Waals surface area contributed by atoms with Gasteiger partial charge in [-0.15, -0.1) is 0 Å². The Kier molecular flexibility index (Phi) is 5.95. The van der Waals surface area contributed by atoms with Gasteiger partial charge in [-0.05, 0) is 30.5 Å². The van der Waals surface area contributed by atoms with E-state index in [2.05, 4.69) is 26.7 Å². The van der Waals surface area contributed by atoms with Gasteiger partial charge in [0.15, 0.2) is 0 Å². The summed E-state index contributed by atoms with van der Waals surface area (Å²) >= 11 is 3.41. The van der Waals surface area contributed by atoms with Gasteiger partial charge in [-0.1, -0.05) is 22.0 Å². The SMILES string of the molecule is CCOC=O.N#CCn1ccc2ccc(Br)cc21. The Morgan fingerprint density at radius 3 is 2.83 bits per heavy atom. The molecule has 4 nitrogen and oxygen atoms in total. The third-order valence-corrected chi connectivity index (χ3v) is 2.70. The second kappa shape index (κ2) is 7.51. The summed E-state index contributed by atoms with van der Waals surface area (Å²) in [4.78, 5) is 9.18. The van der Waals surface area contributed by atoms with Gasteiger partial charge in [0.05, 0.1) is 18.2 Å². The fraction of sp³-hybridized carbons (Fsp3) is 0.231. The number of hydrogen-bond donors (Lipinski definition) is 0. The predicted molar refractivity (Wildman–Crippen MR) is 72.9 cm³/mol. The zero-order valence-corrected chi connectivity index (χ0v) is 11.6. The normalized spacial score (nSPS) is 9.17. The Morgan fingerprint density at radius 2 is 2.28 bits per heavy atom. The number of nitriles is 1. The zero-order chi connectivity index (χ0) is 13.4. The first-order chi connectivity index (χ1) is 8.72. The van der Waals surface area contributed by atoms with E-state index in [-0.39, 0.29) is 0 Å². The molecule has 0 atom stereocenters. The van der Waals surface area contributed by atoms with Crippen LogP contribution in [0.2, 0.25) is 0 Å². The Morgan fingerprint density at radius 1 is 1.50 bits per heavy atom. The Labute approximate surface area is 114 Å². The Balaban J connectivity index is 0.000000280. The number of carbonyl (C=O) groups is 1. The van der Waals surface area contributed by atoms with Gasteiger partial charge < -0.3 is 9.30 Å². The molecule has 0 aliphatic heterocycles. The summed E-state index contributed by atoms with van der Waals surface area (Å²) in [7, 11) is 0. The molecule has 2 aromatic rings. The van der Waals surface area contributed by atoms with E-state index in [1.807, 2.05) is 35.0 Å². The average Bonchev–Trinajstić information content (AvgIpc) is 2.74. The molecule has 0 aliphatic rings. The molecule has 1 aromatic heterocycles. The number of halogens is 1. The molecule has 0 N–H and O–H groups in total. The predicted octanol–water partition coefficient (Wildman–Crippen LogP) is 3.11. The number of nitrogens with zero attached hydrogens (tertiary/aromatic N) is 2. The van der Waals surface area contributed by atoms with E-state index in [1.54, 1.807) is 6.92 Å². The molecule has 18 heavy (non-hydrogen) atoms. The highest BCUT2D eigenvalue weighted by molar-refractivity contribution is 9.10. The summed E-state index contributed by atoms with van der Waals surface area (Å²) in [6.07, 6.45) is 1.93. The molecule has 0 saturated heterocycles. The van der Waals surface area contributed by atoms with Crippen LogP contribution in [0.3, 0.4) is 0 Å². The molecule has 0 saturated carbocycles. The van der Waals surface area contributed by atoms with Crippen LogP contribution in [0.1, 0.15) is 6.92 Å². The molecule has 0 radical (unpaired) electrons. The average molecular weight is 309 g/mol. The van der Waals surface area contributed by atoms with Crippen LogP contribution in [0, 0.1) is 11.3 Å². The first kappa shape index (κ1) is 14.3. The van der Waals surface area contributed by atoms with Gasteiger partial charge in [-0.2, -0.15) is 5.26 Å². The number of fused-ring (bicyclic) bond motifs is 1. The van der Waals surface area contributed by atoms with Gasteiger partial charge in [0.25, 0.3) is 6.47 Å². The lowest BCUT2D eigenvalue weighted by molar-refractivity contribution is -0.128. The molecular formula is C13H13BrN2O2. The van der Waals surface area contributed by atoms with Gasteiger partial charge in [-0.25, -0.2) is 0 Å². The van der Waals surface area contributed by atoms with Crippen molar-refractivity contribution in [2.45, 2.75) is 13.5 Å². The van der Waals surface area contributed by atoms with Crippen molar-refractivity contribution in [2.75, 3.05) is 6.61 Å². The largest absolute Gasteiger partial charge is 0.468 e. The summed E-state index contributed by atoms with van der Waals surface area (Å²) in [5, 5.41) is 9.75. The molecule has 5 heteroatoms. The van der Waals surface area contributed by atoms with Crippen LogP contribution in [0.15, 0.2) is 34.9 Å². The maximum absolute atomic E-state index is 9.18. The highest BCUT2D eigenvalue weighted by Gasteiger charge is 1.99. The fourth-order valence-electron chi connectivity index (χ4n) is 1.44. The van der Waals surface area contributed by atoms with E-state index < -0.39 is 0 Å². The number of aromatic nitrogens is 1. The van der Waals surface area contributed by atoms with Crippen LogP contribution < -0.4 is 0 Å². The lowest BCUT2D eigenvalue weighted by Crippen LogP contribution is -1.91. The molecule has 94 valence electrons. The number of ether oxygens (including phenoxy) is 1. The third-order valence-electron chi connectivity index (χ3n) is 2.21. The van der Waals surface area contributed by atoms with E-state index in [0.717, 1.165) is 9.99 Å². The van der Waals surface area contributed by atoms with Crippen molar-refractivity contribution < 1.29 is 9.53 Å². The molecule has 1 aromatic carbocycles. The van der Waals surface area contributed by atoms with E-state index in [4.69, 9.17) is 5.26 Å². The van der Waals surface area contributed by atoms with Crippen molar-refractivity contribution >= 4 is 33.3 Å². The molecule has 0 aliphatic carbocycles. The van der Waals surface area contributed by atoms with Crippen molar-refractivity contribution in [1.82, 2.24) is 4.57 Å². The van der Waals surface area contributed by atoms with E-state index >= 15 is 0 Å². The minimum atomic E-state index is 0.403. The summed E-state index contributed by atoms with van der Waals surface area (Å²) in [5.74, 6) is 0. The highest BCUT2D eigenvalue weighted by Crippen LogP contribution is 2.20. The molecule has 0 bridgehead atoms. The number of rotatable bonds is 3. The minimum absolute atomic E-state index is 0.403. The van der Waals surface area contributed by atoms with Gasteiger partial charge >= 0.3 is 0 Å². The maximum atomic E-state index is 9.18. The molecule has 0 spiro atoms. The maximum Gasteiger partial charge on any atom is 0.293 e. The van der Waals surface area contributed by atoms with Gasteiger partial charge in [0.1, 0.15) is 6.54 Å². The monoisotopic (exact) mass is 308 g/mol. The second-order valence-electron chi connectivity index (χ2n) is 3.36. The second-order valence-corrected chi connectivity index (χ2v) is 4.27. The van der Waals surface area contributed by atoms with Crippen LogP contribution in [-0.4, -0.2) is 17.6 Å². The van der Waals surface area contributed by atoms with Crippen LogP contribution in [0.5, 0.6) is 0 Å². The number of hydrogen-bond acceptors (Lipinski definition) is 3. The Bertz CT molecular complexity index is 558. The van der Waals surface area contributed by atoms with Crippen LogP contribution in [-0.2, 0) is 16.1 Å². The van der Waals surface area contributed by atoms with Crippen molar-refractivity contribution in [3.8, 4) is 6.07 Å². The van der Waals surface area contributed by atoms with Gasteiger partial charge in [0, 0.05) is 10.7 Å². The summed E-state index contributed by atoms with van der Waals surface area (Å²) in [6, 6.07) is 10.2. The fourth-order valence-corrected chi connectivity index (χ4v) is 1.79. The molecule has 0 amide bonds. The molecular weight excluding hydrogens is 296 g/mol. The van der Waals surface area contributed by atoms with Crippen LogP contribution >= 0.6 is 15.9 Å². The van der Waals surface area contributed by atoms with E-state index in [9.17, 15) is 4.79 Å². The quantitative estimate of drug-likeness (QED) is 0.819. The highest BCUT2D eigenvalue weighted by atomic mass is 79.9. The third kappa shape index (κ3) is 3.90. The number of carbonyl (C=O) groups excluding carboxylic acids is 1. The van der Waals surface area contributed by atoms with Gasteiger partial charge in [-0.3, -0.25) is 4.79 Å². The summed E-state index contributed by atoms with van der Waals surface area (Å²) < 4.78 is 7.12. The van der Waals surface area contributed by atoms with Crippen molar-refractivity contribution in [3.05, 3.63) is 34.9 Å². The smallest absolute Gasteiger partial charge is 0.293 e. The molecule has 0 fully saturated rings. The minimum Gasteiger partial charge on any atom is -0.468 e. The molecule has 2 rings (SSSR count). The first-order valence-electron chi connectivity index (χ1n) is 5.39. The zero-order valence-electron chi connectivity index (χ0n) is 9.97. The van der Waals surface area contributed by atoms with Crippen molar-refractivity contribution in [3.63, 3.8) is 0 Å². The standard InChI is InChI=1S/C10H7BrN2.C3H6O2/c11-9-2-1-8-3-5-13(6-4-12)10(8)7-9;1-2-5-3-4/h1-3,5,7H,6H2;3H,2H2,1H3. The summed E-state index contributed by atoms with van der Waals surface area (Å²) in [5.41, 5.74) is 1.09. The lowest BCUT2D eigenvalue weighted by Gasteiger charge is -1.98. The van der Waals surface area contributed by atoms with Crippen molar-refractivity contribution in [2.24, 2.45) is 0 Å². The molecule has 0 unspecified atom stereocenters. The van der Waals surface area contributed by atoms with E-state index in [1.165, 1.54) is 5.39 Å². The van der Waals surface area contributed by atoms with Crippen molar-refractivity contribution in [1.29, 1.82) is 5.26 Å². The molecule has 1 heterocycles. The van der Waals surface area contributed by atoms with E-state index in [0.29, 0.717) is 19.6 Å². The van der Waals surface area contributed by atoms with Gasteiger partial charge in [0.2, 0.25) is 0 Å². The number of benzene rings is 1. The lowest BCUT2D eigenvalue weighted by atomic mass is 10.2. The van der Waals surface area contributed by atoms with Crippen LogP contribution in [0.25, 0.3) is 10.9 Å².